The highest BCUT2D eigenvalue weighted by Gasteiger charge is 2.20. The molecule has 0 aliphatic heterocycles. The second-order valence-corrected chi connectivity index (χ2v) is 4.70. The monoisotopic (exact) mass is 220 g/mol. The number of aliphatic hydroxyl groups excluding tert-OH is 1. The molecule has 0 saturated heterocycles. The summed E-state index contributed by atoms with van der Waals surface area (Å²) in [6.45, 7) is 0.0280. The van der Waals surface area contributed by atoms with Crippen molar-refractivity contribution in [2.45, 2.75) is 51.0 Å². The van der Waals surface area contributed by atoms with Gasteiger partial charge >= 0.3 is 0 Å². The Morgan fingerprint density at radius 1 is 1.06 bits per heavy atom. The van der Waals surface area contributed by atoms with Crippen molar-refractivity contribution in [3.63, 3.8) is 0 Å². The van der Waals surface area contributed by atoms with Crippen molar-refractivity contribution >= 4 is 0 Å². The topological polar surface area (TPSA) is 40.5 Å². The lowest BCUT2D eigenvalue weighted by Gasteiger charge is -2.19. The van der Waals surface area contributed by atoms with Crippen LogP contribution in [0.15, 0.2) is 18.2 Å². The maximum Gasteiger partial charge on any atom is 0.119 e. The van der Waals surface area contributed by atoms with Crippen LogP contribution in [-0.4, -0.2) is 10.2 Å². The van der Waals surface area contributed by atoms with Crippen LogP contribution in [-0.2, 0) is 6.61 Å². The number of phenolic OH excluding ortho intramolecular Hbond substituents is 1. The summed E-state index contributed by atoms with van der Waals surface area (Å²) in [6, 6.07) is 5.46. The minimum atomic E-state index is 0.0280. The summed E-state index contributed by atoms with van der Waals surface area (Å²) in [6.07, 6.45) is 7.37. The molecule has 1 aliphatic rings. The number of aliphatic hydroxyl groups is 1. The highest BCUT2D eigenvalue weighted by molar-refractivity contribution is 5.41. The summed E-state index contributed by atoms with van der Waals surface area (Å²) in [5, 5.41) is 19.3. The van der Waals surface area contributed by atoms with Crippen LogP contribution in [0.5, 0.6) is 5.75 Å². The molecule has 0 aromatic heterocycles. The number of rotatable bonds is 2. The lowest BCUT2D eigenvalue weighted by Crippen LogP contribution is -2.02. The summed E-state index contributed by atoms with van der Waals surface area (Å²) in [4.78, 5) is 0. The van der Waals surface area contributed by atoms with Gasteiger partial charge in [-0.05, 0) is 30.4 Å². The van der Waals surface area contributed by atoms with Crippen LogP contribution in [0.3, 0.4) is 0 Å². The van der Waals surface area contributed by atoms with Crippen LogP contribution >= 0.6 is 0 Å². The maximum atomic E-state index is 9.96. The molecular formula is C14H20O2. The first-order chi connectivity index (χ1) is 7.83. The Morgan fingerprint density at radius 3 is 2.38 bits per heavy atom. The third-order valence-electron chi connectivity index (χ3n) is 3.61. The van der Waals surface area contributed by atoms with Crippen molar-refractivity contribution in [2.24, 2.45) is 0 Å². The fourth-order valence-electron chi connectivity index (χ4n) is 2.78. The van der Waals surface area contributed by atoms with E-state index in [1.165, 1.54) is 25.7 Å². The van der Waals surface area contributed by atoms with Crippen LogP contribution in [0.4, 0.5) is 0 Å². The third-order valence-corrected chi connectivity index (χ3v) is 3.61. The molecule has 0 spiro atoms. The van der Waals surface area contributed by atoms with Gasteiger partial charge in [-0.3, -0.25) is 0 Å². The highest BCUT2D eigenvalue weighted by atomic mass is 16.3. The normalized spacial score (nSPS) is 18.3. The van der Waals surface area contributed by atoms with E-state index in [1.54, 1.807) is 12.1 Å². The quantitative estimate of drug-likeness (QED) is 0.751. The second kappa shape index (κ2) is 5.35. The van der Waals surface area contributed by atoms with Crippen molar-refractivity contribution in [1.29, 1.82) is 0 Å². The van der Waals surface area contributed by atoms with Gasteiger partial charge in [0.05, 0.1) is 6.61 Å². The molecule has 0 unspecified atom stereocenters. The third kappa shape index (κ3) is 2.38. The zero-order valence-corrected chi connectivity index (χ0v) is 9.65. The average Bonchev–Trinajstić information content (AvgIpc) is 2.57. The zero-order chi connectivity index (χ0) is 11.4. The first kappa shape index (κ1) is 11.5. The number of aromatic hydroxyl groups is 1. The first-order valence-electron chi connectivity index (χ1n) is 6.24. The summed E-state index contributed by atoms with van der Waals surface area (Å²) in [5.74, 6) is 0.796. The lowest BCUT2D eigenvalue weighted by atomic mass is 9.88. The summed E-state index contributed by atoms with van der Waals surface area (Å²) in [5.41, 5.74) is 1.89. The van der Waals surface area contributed by atoms with Gasteiger partial charge in [0.1, 0.15) is 5.75 Å². The SMILES string of the molecule is OCc1cccc(O)c1C1CCCCCC1. The highest BCUT2D eigenvalue weighted by Crippen LogP contribution is 2.38. The van der Waals surface area contributed by atoms with Crippen LogP contribution in [0.2, 0.25) is 0 Å². The largest absolute Gasteiger partial charge is 0.508 e. The van der Waals surface area contributed by atoms with Crippen LogP contribution in [0.25, 0.3) is 0 Å². The van der Waals surface area contributed by atoms with Gasteiger partial charge in [-0.15, -0.1) is 0 Å². The molecule has 2 N–H and O–H groups in total. The van der Waals surface area contributed by atoms with E-state index in [1.807, 2.05) is 6.07 Å². The van der Waals surface area contributed by atoms with Gasteiger partial charge < -0.3 is 10.2 Å². The summed E-state index contributed by atoms with van der Waals surface area (Å²) < 4.78 is 0. The van der Waals surface area contributed by atoms with E-state index in [0.29, 0.717) is 11.7 Å². The van der Waals surface area contributed by atoms with Gasteiger partial charge in [0, 0.05) is 5.56 Å². The van der Waals surface area contributed by atoms with Gasteiger partial charge in [-0.2, -0.15) is 0 Å². The molecule has 1 aromatic carbocycles. The minimum Gasteiger partial charge on any atom is -0.508 e. The van der Waals surface area contributed by atoms with E-state index in [9.17, 15) is 10.2 Å². The number of benzene rings is 1. The fraction of sp³-hybridized carbons (Fsp3) is 0.571. The van der Waals surface area contributed by atoms with Crippen LogP contribution in [0, 0.1) is 0 Å². The Hall–Kier alpha value is -1.02. The molecule has 0 heterocycles. The summed E-state index contributed by atoms with van der Waals surface area (Å²) >= 11 is 0. The Labute approximate surface area is 96.9 Å². The van der Waals surface area contributed by atoms with Crippen molar-refractivity contribution in [3.8, 4) is 5.75 Å². The molecule has 0 atom stereocenters. The van der Waals surface area contributed by atoms with Gasteiger partial charge in [-0.1, -0.05) is 37.8 Å². The van der Waals surface area contributed by atoms with Crippen molar-refractivity contribution < 1.29 is 10.2 Å². The molecule has 0 bridgehead atoms. The Bertz CT molecular complexity index is 339. The maximum absolute atomic E-state index is 9.96. The molecule has 16 heavy (non-hydrogen) atoms. The molecule has 0 amide bonds. The van der Waals surface area contributed by atoms with Gasteiger partial charge in [-0.25, -0.2) is 0 Å². The molecule has 1 saturated carbocycles. The fourth-order valence-corrected chi connectivity index (χ4v) is 2.78. The molecule has 88 valence electrons. The Balaban J connectivity index is 2.29. The Kier molecular flexibility index (Phi) is 3.83. The zero-order valence-electron chi connectivity index (χ0n) is 9.65. The summed E-state index contributed by atoms with van der Waals surface area (Å²) in [7, 11) is 0. The number of phenols is 1. The van der Waals surface area contributed by atoms with Gasteiger partial charge in [0.25, 0.3) is 0 Å². The Morgan fingerprint density at radius 2 is 1.75 bits per heavy atom. The first-order valence-corrected chi connectivity index (χ1v) is 6.24. The van der Waals surface area contributed by atoms with Crippen molar-refractivity contribution in [3.05, 3.63) is 29.3 Å². The predicted molar refractivity (Wildman–Crippen MR) is 64.5 cm³/mol. The minimum absolute atomic E-state index is 0.0280. The molecular weight excluding hydrogens is 200 g/mol. The van der Waals surface area contributed by atoms with E-state index in [-0.39, 0.29) is 6.61 Å². The molecule has 1 aromatic rings. The average molecular weight is 220 g/mol. The number of hydrogen-bond donors (Lipinski definition) is 2. The predicted octanol–water partition coefficient (Wildman–Crippen LogP) is 3.32. The van der Waals surface area contributed by atoms with E-state index in [2.05, 4.69) is 0 Å². The molecule has 1 fully saturated rings. The standard InChI is InChI=1S/C14H20O2/c15-10-12-8-5-9-13(16)14(12)11-6-3-1-2-4-7-11/h5,8-9,11,15-16H,1-4,6-7,10H2. The molecule has 0 radical (unpaired) electrons. The van der Waals surface area contributed by atoms with E-state index in [0.717, 1.165) is 24.0 Å². The molecule has 2 heteroatoms. The lowest BCUT2D eigenvalue weighted by molar-refractivity contribution is 0.278. The van der Waals surface area contributed by atoms with E-state index >= 15 is 0 Å². The smallest absolute Gasteiger partial charge is 0.119 e. The van der Waals surface area contributed by atoms with Crippen LogP contribution in [0.1, 0.15) is 55.6 Å². The molecule has 2 nitrogen and oxygen atoms in total. The molecule has 2 rings (SSSR count). The molecule has 1 aliphatic carbocycles. The van der Waals surface area contributed by atoms with Crippen LogP contribution < -0.4 is 0 Å². The van der Waals surface area contributed by atoms with Crippen molar-refractivity contribution in [1.82, 2.24) is 0 Å². The van der Waals surface area contributed by atoms with E-state index < -0.39 is 0 Å². The van der Waals surface area contributed by atoms with E-state index in [4.69, 9.17) is 0 Å². The van der Waals surface area contributed by atoms with Gasteiger partial charge in [0.2, 0.25) is 0 Å². The van der Waals surface area contributed by atoms with Crippen molar-refractivity contribution in [2.75, 3.05) is 0 Å². The van der Waals surface area contributed by atoms with Gasteiger partial charge in [0.15, 0.2) is 0 Å². The second-order valence-electron chi connectivity index (χ2n) is 4.70. The number of hydrogen-bond acceptors (Lipinski definition) is 2.